The van der Waals surface area contributed by atoms with Crippen LogP contribution >= 0.6 is 0 Å². The van der Waals surface area contributed by atoms with Gasteiger partial charge in [-0.05, 0) is 50.6 Å². The molecule has 0 radical (unpaired) electrons. The summed E-state index contributed by atoms with van der Waals surface area (Å²) in [5.41, 5.74) is 2.57. The van der Waals surface area contributed by atoms with E-state index in [2.05, 4.69) is 70.7 Å². The van der Waals surface area contributed by atoms with E-state index in [-0.39, 0.29) is 11.9 Å². The Kier molecular flexibility index (Phi) is 7.63. The minimum Gasteiger partial charge on any atom is -0.352 e. The molecule has 2 aromatic rings. The minimum atomic E-state index is -0.274. The molecule has 1 unspecified atom stereocenters. The monoisotopic (exact) mass is 412 g/mol. The van der Waals surface area contributed by atoms with Crippen molar-refractivity contribution in [3.05, 3.63) is 59.5 Å². The van der Waals surface area contributed by atoms with Crippen LogP contribution in [0.1, 0.15) is 31.4 Å². The highest BCUT2D eigenvalue weighted by atomic mass is 19.1. The van der Waals surface area contributed by atoms with Gasteiger partial charge in [-0.3, -0.25) is 9.89 Å². The van der Waals surface area contributed by atoms with Crippen molar-refractivity contribution in [2.75, 3.05) is 32.1 Å². The molecular weight excluding hydrogens is 379 g/mol. The smallest absolute Gasteiger partial charge is 0.191 e. The molecule has 1 aromatic heterocycles. The predicted octanol–water partition coefficient (Wildman–Crippen LogP) is 3.00. The molecule has 1 fully saturated rings. The highest BCUT2D eigenvalue weighted by Gasteiger charge is 2.26. The molecule has 7 heteroatoms. The molecular formula is C23H33FN6. The summed E-state index contributed by atoms with van der Waals surface area (Å²) in [4.78, 5) is 12.9. The van der Waals surface area contributed by atoms with E-state index in [1.54, 1.807) is 19.3 Å². The van der Waals surface area contributed by atoms with Crippen LogP contribution < -0.4 is 15.5 Å². The molecule has 1 aliphatic heterocycles. The van der Waals surface area contributed by atoms with Gasteiger partial charge in [0.25, 0.3) is 0 Å². The van der Waals surface area contributed by atoms with Crippen molar-refractivity contribution in [1.29, 1.82) is 0 Å². The molecule has 1 aliphatic rings. The van der Waals surface area contributed by atoms with Crippen molar-refractivity contribution in [2.24, 2.45) is 4.99 Å². The van der Waals surface area contributed by atoms with Gasteiger partial charge >= 0.3 is 0 Å². The number of aliphatic imine (C=N–C) groups is 1. The van der Waals surface area contributed by atoms with Crippen molar-refractivity contribution < 1.29 is 4.39 Å². The fourth-order valence-electron chi connectivity index (χ4n) is 3.58. The van der Waals surface area contributed by atoms with Crippen molar-refractivity contribution in [1.82, 2.24) is 20.5 Å². The van der Waals surface area contributed by atoms with Crippen LogP contribution in [-0.2, 0) is 13.1 Å². The van der Waals surface area contributed by atoms with Crippen molar-refractivity contribution >= 4 is 11.8 Å². The number of guanidine groups is 1. The van der Waals surface area contributed by atoms with Gasteiger partial charge < -0.3 is 15.5 Å². The first-order valence-corrected chi connectivity index (χ1v) is 10.6. The van der Waals surface area contributed by atoms with E-state index < -0.39 is 0 Å². The summed E-state index contributed by atoms with van der Waals surface area (Å²) in [5, 5.41) is 6.90. The number of pyridine rings is 1. The highest BCUT2D eigenvalue weighted by molar-refractivity contribution is 5.80. The van der Waals surface area contributed by atoms with Gasteiger partial charge in [0.05, 0.1) is 0 Å². The fourth-order valence-corrected chi connectivity index (χ4v) is 3.58. The average molecular weight is 413 g/mol. The van der Waals surface area contributed by atoms with Crippen LogP contribution in [0.4, 0.5) is 10.2 Å². The lowest BCUT2D eigenvalue weighted by molar-refractivity contribution is 0.265. The number of anilines is 1. The Hall–Kier alpha value is -2.67. The van der Waals surface area contributed by atoms with E-state index in [1.165, 1.54) is 17.2 Å². The van der Waals surface area contributed by atoms with Gasteiger partial charge in [-0.1, -0.05) is 24.3 Å². The number of hydrogen-bond donors (Lipinski definition) is 2. The Morgan fingerprint density at radius 3 is 2.73 bits per heavy atom. The molecule has 3 rings (SSSR count). The number of benzene rings is 1. The SMILES string of the molecule is CN=C(NCc1ccccc1CN(C)C(C)C)NC1CCN(c2ncccc2F)C1. The van der Waals surface area contributed by atoms with Crippen molar-refractivity contribution in [2.45, 2.75) is 45.4 Å². The van der Waals surface area contributed by atoms with Crippen LogP contribution in [0.3, 0.4) is 0 Å². The Bertz CT molecular complexity index is 853. The molecule has 2 heterocycles. The molecule has 0 aliphatic carbocycles. The summed E-state index contributed by atoms with van der Waals surface area (Å²) in [6, 6.07) is 12.3. The second-order valence-corrected chi connectivity index (χ2v) is 8.09. The lowest BCUT2D eigenvalue weighted by Gasteiger charge is -2.23. The molecule has 1 aromatic carbocycles. The zero-order valence-corrected chi connectivity index (χ0v) is 18.4. The van der Waals surface area contributed by atoms with Gasteiger partial charge in [-0.15, -0.1) is 0 Å². The summed E-state index contributed by atoms with van der Waals surface area (Å²) < 4.78 is 14.0. The fraction of sp³-hybridized carbons (Fsp3) is 0.478. The van der Waals surface area contributed by atoms with E-state index in [0.717, 1.165) is 25.5 Å². The number of nitrogens with one attached hydrogen (secondary N) is 2. The second-order valence-electron chi connectivity index (χ2n) is 8.09. The average Bonchev–Trinajstić information content (AvgIpc) is 3.20. The summed E-state index contributed by atoms with van der Waals surface area (Å²) in [6.45, 7) is 7.49. The molecule has 0 amide bonds. The first-order valence-electron chi connectivity index (χ1n) is 10.6. The van der Waals surface area contributed by atoms with Crippen LogP contribution in [0.15, 0.2) is 47.6 Å². The Morgan fingerprint density at radius 1 is 1.27 bits per heavy atom. The van der Waals surface area contributed by atoms with Gasteiger partial charge in [0, 0.05) is 51.5 Å². The van der Waals surface area contributed by atoms with E-state index in [1.807, 2.05) is 4.90 Å². The summed E-state index contributed by atoms with van der Waals surface area (Å²) in [6.07, 6.45) is 2.54. The van der Waals surface area contributed by atoms with Gasteiger partial charge in [0.2, 0.25) is 0 Å². The first-order chi connectivity index (χ1) is 14.5. The lowest BCUT2D eigenvalue weighted by atomic mass is 10.1. The topological polar surface area (TPSA) is 55.8 Å². The number of nitrogens with zero attached hydrogens (tertiary/aromatic N) is 4. The first kappa shape index (κ1) is 22.0. The Balaban J connectivity index is 1.56. The third-order valence-corrected chi connectivity index (χ3v) is 5.66. The lowest BCUT2D eigenvalue weighted by Crippen LogP contribution is -2.44. The number of aromatic nitrogens is 1. The quantitative estimate of drug-likeness (QED) is 0.541. The van der Waals surface area contributed by atoms with E-state index >= 15 is 0 Å². The van der Waals surface area contributed by atoms with Crippen LogP contribution in [-0.4, -0.2) is 55.1 Å². The highest BCUT2D eigenvalue weighted by Crippen LogP contribution is 2.20. The predicted molar refractivity (Wildman–Crippen MR) is 121 cm³/mol. The molecule has 30 heavy (non-hydrogen) atoms. The summed E-state index contributed by atoms with van der Waals surface area (Å²) in [7, 11) is 3.92. The van der Waals surface area contributed by atoms with Crippen molar-refractivity contribution in [3.8, 4) is 0 Å². The van der Waals surface area contributed by atoms with Crippen LogP contribution in [0.25, 0.3) is 0 Å². The maximum Gasteiger partial charge on any atom is 0.191 e. The molecule has 2 N–H and O–H groups in total. The van der Waals surface area contributed by atoms with Crippen LogP contribution in [0, 0.1) is 5.82 Å². The summed E-state index contributed by atoms with van der Waals surface area (Å²) >= 11 is 0. The zero-order chi connectivity index (χ0) is 21.5. The molecule has 162 valence electrons. The molecule has 0 bridgehead atoms. The standard InChI is InChI=1S/C23H33FN6/c1-17(2)29(4)15-19-9-6-5-8-18(19)14-27-23(25-3)28-20-11-13-30(16-20)22-21(24)10-7-12-26-22/h5-10,12,17,20H,11,13-16H2,1-4H3,(H2,25,27,28). The van der Waals surface area contributed by atoms with Gasteiger partial charge in [0.15, 0.2) is 17.6 Å². The molecule has 6 nitrogen and oxygen atoms in total. The third-order valence-electron chi connectivity index (χ3n) is 5.66. The van der Waals surface area contributed by atoms with Crippen LogP contribution in [0.2, 0.25) is 0 Å². The van der Waals surface area contributed by atoms with E-state index in [9.17, 15) is 4.39 Å². The van der Waals surface area contributed by atoms with Crippen LogP contribution in [0.5, 0.6) is 0 Å². The normalized spacial score (nSPS) is 17.1. The molecule has 1 atom stereocenters. The van der Waals surface area contributed by atoms with Gasteiger partial charge in [-0.2, -0.15) is 0 Å². The zero-order valence-electron chi connectivity index (χ0n) is 18.4. The molecule has 1 saturated heterocycles. The van der Waals surface area contributed by atoms with Crippen molar-refractivity contribution in [3.63, 3.8) is 0 Å². The van der Waals surface area contributed by atoms with E-state index in [4.69, 9.17) is 0 Å². The number of halogens is 1. The Morgan fingerprint density at radius 2 is 2.03 bits per heavy atom. The minimum absolute atomic E-state index is 0.194. The third kappa shape index (κ3) is 5.69. The summed E-state index contributed by atoms with van der Waals surface area (Å²) in [5.74, 6) is 0.909. The second kappa shape index (κ2) is 10.4. The number of hydrogen-bond acceptors (Lipinski definition) is 4. The largest absolute Gasteiger partial charge is 0.352 e. The number of rotatable bonds is 7. The van der Waals surface area contributed by atoms with Gasteiger partial charge in [0.1, 0.15) is 0 Å². The van der Waals surface area contributed by atoms with E-state index in [0.29, 0.717) is 24.9 Å². The van der Waals surface area contributed by atoms with Gasteiger partial charge in [-0.25, -0.2) is 9.37 Å². The molecule has 0 saturated carbocycles. The maximum absolute atomic E-state index is 14.0. The molecule has 0 spiro atoms. The Labute approximate surface area is 179 Å². The maximum atomic E-state index is 14.0.